The molecule has 1 aromatic carbocycles. The molecule has 0 unspecified atom stereocenters. The highest BCUT2D eigenvalue weighted by Crippen LogP contribution is 2.33. The Morgan fingerprint density at radius 3 is 2.33 bits per heavy atom. The number of nitrogens with one attached hydrogen (secondary N) is 1. The minimum Gasteiger partial charge on any atom is -0.378 e. The number of pyridine rings is 1. The van der Waals surface area contributed by atoms with Gasteiger partial charge in [0.15, 0.2) is 0 Å². The predicted octanol–water partition coefficient (Wildman–Crippen LogP) is 5.42. The zero-order valence-corrected chi connectivity index (χ0v) is 12.9. The molecule has 0 saturated carbocycles. The van der Waals surface area contributed by atoms with Crippen molar-refractivity contribution in [2.24, 2.45) is 0 Å². The van der Waals surface area contributed by atoms with E-state index in [1.165, 1.54) is 0 Å². The Morgan fingerprint density at radius 1 is 1.06 bits per heavy atom. The Kier molecular flexibility index (Phi) is 4.73. The van der Waals surface area contributed by atoms with Crippen molar-refractivity contribution in [2.45, 2.75) is 6.54 Å². The molecule has 2 aromatic rings. The van der Waals surface area contributed by atoms with Gasteiger partial charge >= 0.3 is 0 Å². The summed E-state index contributed by atoms with van der Waals surface area (Å²) >= 11 is 21.4. The van der Waals surface area contributed by atoms with Crippen LogP contribution in [0.15, 0.2) is 35.1 Å². The van der Waals surface area contributed by atoms with E-state index < -0.39 is 0 Å². The first-order valence-corrected chi connectivity index (χ1v) is 6.97. The molecule has 0 aliphatic carbocycles. The van der Waals surface area contributed by atoms with Crippen LogP contribution in [0, 0.1) is 0 Å². The van der Waals surface area contributed by atoms with E-state index in [1.807, 2.05) is 6.07 Å². The fourth-order valence-corrected chi connectivity index (χ4v) is 2.82. The van der Waals surface area contributed by atoms with Gasteiger partial charge in [-0.25, -0.2) is 0 Å². The second-order valence-electron chi connectivity index (χ2n) is 3.61. The molecule has 2 rings (SSSR count). The van der Waals surface area contributed by atoms with Gasteiger partial charge < -0.3 is 5.32 Å². The molecule has 94 valence electrons. The van der Waals surface area contributed by atoms with Gasteiger partial charge in [-0.3, -0.25) is 4.98 Å². The summed E-state index contributed by atoms with van der Waals surface area (Å²) < 4.78 is 0.926. The molecule has 0 saturated heterocycles. The molecule has 0 bridgehead atoms. The SMILES string of the molecule is Clc1cc(Cl)c(NCc2cncc(Br)c2)c(Cl)c1. The van der Waals surface area contributed by atoms with Crippen LogP contribution in [0.2, 0.25) is 15.1 Å². The lowest BCUT2D eigenvalue weighted by Crippen LogP contribution is -2.01. The molecular weight excluding hydrogens is 358 g/mol. The molecule has 6 heteroatoms. The number of hydrogen-bond donors (Lipinski definition) is 1. The summed E-state index contributed by atoms with van der Waals surface area (Å²) in [6.07, 6.45) is 3.50. The average molecular weight is 366 g/mol. The summed E-state index contributed by atoms with van der Waals surface area (Å²) in [7, 11) is 0. The van der Waals surface area contributed by atoms with Crippen LogP contribution in [0.4, 0.5) is 5.69 Å². The molecule has 1 aromatic heterocycles. The molecule has 0 aliphatic rings. The highest BCUT2D eigenvalue weighted by atomic mass is 79.9. The first-order chi connectivity index (χ1) is 8.56. The third-order valence-corrected chi connectivity index (χ3v) is 3.49. The van der Waals surface area contributed by atoms with E-state index in [9.17, 15) is 0 Å². The zero-order valence-electron chi connectivity index (χ0n) is 9.05. The number of nitrogens with zero attached hydrogens (tertiary/aromatic N) is 1. The zero-order chi connectivity index (χ0) is 13.1. The van der Waals surface area contributed by atoms with Crippen LogP contribution in [0.1, 0.15) is 5.56 Å². The molecule has 0 radical (unpaired) electrons. The Hall–Kier alpha value is -0.480. The Morgan fingerprint density at radius 2 is 1.72 bits per heavy atom. The number of rotatable bonds is 3. The normalized spacial score (nSPS) is 10.4. The van der Waals surface area contributed by atoms with E-state index in [4.69, 9.17) is 34.8 Å². The minimum atomic E-state index is 0.496. The lowest BCUT2D eigenvalue weighted by atomic mass is 10.2. The van der Waals surface area contributed by atoms with Gasteiger partial charge in [-0.05, 0) is 39.7 Å². The quantitative estimate of drug-likeness (QED) is 0.785. The molecule has 2 nitrogen and oxygen atoms in total. The molecule has 0 amide bonds. The molecule has 1 N–H and O–H groups in total. The highest BCUT2D eigenvalue weighted by Gasteiger charge is 2.07. The Balaban J connectivity index is 2.16. The van der Waals surface area contributed by atoms with Crippen molar-refractivity contribution in [3.8, 4) is 0 Å². The van der Waals surface area contributed by atoms with Gasteiger partial charge in [0.05, 0.1) is 15.7 Å². The number of hydrogen-bond acceptors (Lipinski definition) is 2. The standard InChI is InChI=1S/C12H8BrCl3N2/c13-8-1-7(4-17-6-8)5-18-12-10(15)2-9(14)3-11(12)16/h1-4,6,18H,5H2. The summed E-state index contributed by atoms with van der Waals surface area (Å²) in [4.78, 5) is 4.08. The Labute approximate surface area is 128 Å². The lowest BCUT2D eigenvalue weighted by molar-refractivity contribution is 1.11. The minimum absolute atomic E-state index is 0.496. The molecule has 0 atom stereocenters. The van der Waals surface area contributed by atoms with Gasteiger partial charge in [0, 0.05) is 28.4 Å². The van der Waals surface area contributed by atoms with Gasteiger partial charge in [-0.15, -0.1) is 0 Å². The summed E-state index contributed by atoms with van der Waals surface area (Å²) in [5.74, 6) is 0. The van der Waals surface area contributed by atoms with Crippen molar-refractivity contribution in [2.75, 3.05) is 5.32 Å². The van der Waals surface area contributed by atoms with E-state index in [2.05, 4.69) is 26.2 Å². The third-order valence-electron chi connectivity index (χ3n) is 2.24. The number of benzene rings is 1. The monoisotopic (exact) mass is 364 g/mol. The fourth-order valence-electron chi connectivity index (χ4n) is 1.45. The molecule has 0 fully saturated rings. The van der Waals surface area contributed by atoms with E-state index in [0.717, 1.165) is 10.0 Å². The van der Waals surface area contributed by atoms with Gasteiger partial charge in [-0.2, -0.15) is 0 Å². The smallest absolute Gasteiger partial charge is 0.0722 e. The largest absolute Gasteiger partial charge is 0.378 e. The lowest BCUT2D eigenvalue weighted by Gasteiger charge is -2.11. The van der Waals surface area contributed by atoms with E-state index in [1.54, 1.807) is 24.5 Å². The molecule has 0 spiro atoms. The van der Waals surface area contributed by atoms with Gasteiger partial charge in [0.25, 0.3) is 0 Å². The van der Waals surface area contributed by atoms with Crippen LogP contribution >= 0.6 is 50.7 Å². The summed E-state index contributed by atoms with van der Waals surface area (Å²) in [6, 6.07) is 5.27. The Bertz CT molecular complexity index is 552. The maximum absolute atomic E-state index is 6.08. The highest BCUT2D eigenvalue weighted by molar-refractivity contribution is 9.10. The van der Waals surface area contributed by atoms with Gasteiger partial charge in [-0.1, -0.05) is 34.8 Å². The van der Waals surface area contributed by atoms with Crippen LogP contribution in [0.5, 0.6) is 0 Å². The maximum Gasteiger partial charge on any atom is 0.0722 e. The summed E-state index contributed by atoms with van der Waals surface area (Å²) in [5, 5.41) is 4.67. The molecule has 1 heterocycles. The molecule has 18 heavy (non-hydrogen) atoms. The topological polar surface area (TPSA) is 24.9 Å². The molecule has 0 aliphatic heterocycles. The van der Waals surface area contributed by atoms with Gasteiger partial charge in [0.1, 0.15) is 0 Å². The fraction of sp³-hybridized carbons (Fsp3) is 0.0833. The third kappa shape index (κ3) is 3.51. The average Bonchev–Trinajstić information content (AvgIpc) is 2.27. The van der Waals surface area contributed by atoms with Crippen LogP contribution in [-0.4, -0.2) is 4.98 Å². The maximum atomic E-state index is 6.08. The van der Waals surface area contributed by atoms with E-state index in [-0.39, 0.29) is 0 Å². The number of halogens is 4. The van der Waals surface area contributed by atoms with Crippen molar-refractivity contribution in [1.29, 1.82) is 0 Å². The second-order valence-corrected chi connectivity index (χ2v) is 5.78. The van der Waals surface area contributed by atoms with Crippen LogP contribution < -0.4 is 5.32 Å². The number of anilines is 1. The first-order valence-electron chi connectivity index (χ1n) is 5.04. The first kappa shape index (κ1) is 13.9. The summed E-state index contributed by atoms with van der Waals surface area (Å²) in [6.45, 7) is 0.577. The van der Waals surface area contributed by atoms with E-state index in [0.29, 0.717) is 27.3 Å². The van der Waals surface area contributed by atoms with E-state index >= 15 is 0 Å². The van der Waals surface area contributed by atoms with Crippen LogP contribution in [0.25, 0.3) is 0 Å². The number of aromatic nitrogens is 1. The van der Waals surface area contributed by atoms with Crippen molar-refractivity contribution >= 4 is 56.4 Å². The van der Waals surface area contributed by atoms with Crippen LogP contribution in [0.3, 0.4) is 0 Å². The van der Waals surface area contributed by atoms with Gasteiger partial charge in [0.2, 0.25) is 0 Å². The summed E-state index contributed by atoms with van der Waals surface area (Å²) in [5.41, 5.74) is 1.69. The van der Waals surface area contributed by atoms with Crippen molar-refractivity contribution in [1.82, 2.24) is 4.98 Å². The van der Waals surface area contributed by atoms with Crippen molar-refractivity contribution < 1.29 is 0 Å². The van der Waals surface area contributed by atoms with Crippen molar-refractivity contribution in [3.05, 3.63) is 55.7 Å². The molecular formula is C12H8BrCl3N2. The van der Waals surface area contributed by atoms with Crippen LogP contribution in [-0.2, 0) is 6.54 Å². The second kappa shape index (κ2) is 6.11. The predicted molar refractivity (Wildman–Crippen MR) is 80.7 cm³/mol. The van der Waals surface area contributed by atoms with Crippen molar-refractivity contribution in [3.63, 3.8) is 0 Å².